The van der Waals surface area contributed by atoms with Crippen LogP contribution >= 0.6 is 15.9 Å². The smallest absolute Gasteiger partial charge is 0.328 e. The maximum atomic E-state index is 13.1. The maximum absolute atomic E-state index is 13.1. The van der Waals surface area contributed by atoms with Gasteiger partial charge in [-0.3, -0.25) is 0 Å². The summed E-state index contributed by atoms with van der Waals surface area (Å²) < 4.78 is 32.1. The van der Waals surface area contributed by atoms with E-state index in [1.54, 1.807) is 49.4 Å². The first-order valence-electron chi connectivity index (χ1n) is 7.84. The standard InChI is InChI=1S/C18H18BrNO4S/c1-2-24-17(21)18(20)15(12-8-10-13(19)11-9-12)16(18)25(22,23)14-6-4-3-5-7-14/h3-11,15-16H,2,20H2,1H3/t15-,16-,18+/m0/s1. The van der Waals surface area contributed by atoms with Gasteiger partial charge in [-0.05, 0) is 36.8 Å². The van der Waals surface area contributed by atoms with Crippen LogP contribution in [0.4, 0.5) is 0 Å². The quantitative estimate of drug-likeness (QED) is 0.746. The number of carbonyl (C=O) groups excluding carboxylic acids is 1. The second-order valence-corrected chi connectivity index (χ2v) is 8.95. The largest absolute Gasteiger partial charge is 0.465 e. The summed E-state index contributed by atoms with van der Waals surface area (Å²) in [6.07, 6.45) is 0. The van der Waals surface area contributed by atoms with Crippen molar-refractivity contribution >= 4 is 31.7 Å². The number of rotatable bonds is 5. The molecule has 0 aliphatic heterocycles. The van der Waals surface area contributed by atoms with Gasteiger partial charge in [-0.15, -0.1) is 0 Å². The van der Waals surface area contributed by atoms with Crippen LogP contribution in [-0.2, 0) is 19.4 Å². The van der Waals surface area contributed by atoms with E-state index in [1.165, 1.54) is 12.1 Å². The zero-order valence-corrected chi connectivity index (χ0v) is 16.0. The third kappa shape index (κ3) is 3.01. The molecule has 7 heteroatoms. The van der Waals surface area contributed by atoms with E-state index in [0.29, 0.717) is 5.56 Å². The molecule has 0 saturated heterocycles. The Morgan fingerprint density at radius 2 is 1.76 bits per heavy atom. The van der Waals surface area contributed by atoms with Gasteiger partial charge in [-0.2, -0.15) is 0 Å². The van der Waals surface area contributed by atoms with Gasteiger partial charge in [-0.1, -0.05) is 46.3 Å². The summed E-state index contributed by atoms with van der Waals surface area (Å²) in [5.41, 5.74) is 5.41. The van der Waals surface area contributed by atoms with Gasteiger partial charge in [0.15, 0.2) is 9.84 Å². The number of sulfone groups is 1. The summed E-state index contributed by atoms with van der Waals surface area (Å²) in [6, 6.07) is 15.2. The van der Waals surface area contributed by atoms with Crippen LogP contribution < -0.4 is 5.73 Å². The summed E-state index contributed by atoms with van der Waals surface area (Å²) in [6.45, 7) is 1.81. The Bertz CT molecular complexity index is 883. The van der Waals surface area contributed by atoms with Crippen LogP contribution in [0.3, 0.4) is 0 Å². The minimum atomic E-state index is -3.78. The molecule has 3 atom stereocenters. The van der Waals surface area contributed by atoms with Gasteiger partial charge in [0.2, 0.25) is 0 Å². The molecule has 1 aliphatic carbocycles. The number of esters is 1. The van der Waals surface area contributed by atoms with E-state index in [-0.39, 0.29) is 11.5 Å². The molecule has 2 N–H and O–H groups in total. The lowest BCUT2D eigenvalue weighted by molar-refractivity contribution is -0.145. The highest BCUT2D eigenvalue weighted by Crippen LogP contribution is 2.56. The Labute approximate surface area is 155 Å². The predicted molar refractivity (Wildman–Crippen MR) is 97.9 cm³/mol. The fourth-order valence-electron chi connectivity index (χ4n) is 3.19. The number of benzene rings is 2. The Kier molecular flexibility index (Phi) is 4.74. The summed E-state index contributed by atoms with van der Waals surface area (Å²) in [4.78, 5) is 12.6. The molecule has 0 aromatic heterocycles. The number of nitrogens with two attached hydrogens (primary N) is 1. The van der Waals surface area contributed by atoms with E-state index in [4.69, 9.17) is 10.5 Å². The minimum Gasteiger partial charge on any atom is -0.465 e. The highest BCUT2D eigenvalue weighted by Gasteiger charge is 2.74. The first-order chi connectivity index (χ1) is 11.8. The predicted octanol–water partition coefficient (Wildman–Crippen LogP) is 2.65. The van der Waals surface area contributed by atoms with Crippen molar-refractivity contribution in [1.29, 1.82) is 0 Å². The molecule has 25 heavy (non-hydrogen) atoms. The lowest BCUT2D eigenvalue weighted by Gasteiger charge is -2.11. The zero-order valence-electron chi connectivity index (χ0n) is 13.6. The molecule has 1 fully saturated rings. The van der Waals surface area contributed by atoms with E-state index >= 15 is 0 Å². The molecule has 3 rings (SSSR count). The first kappa shape index (κ1) is 18.1. The number of hydrogen-bond donors (Lipinski definition) is 1. The number of carbonyl (C=O) groups is 1. The zero-order chi connectivity index (χ0) is 18.2. The van der Waals surface area contributed by atoms with Crippen LogP contribution in [0.5, 0.6) is 0 Å². The highest BCUT2D eigenvalue weighted by molar-refractivity contribution is 9.10. The van der Waals surface area contributed by atoms with Crippen molar-refractivity contribution < 1.29 is 17.9 Å². The summed E-state index contributed by atoms with van der Waals surface area (Å²) in [5.74, 6) is -1.34. The van der Waals surface area contributed by atoms with E-state index in [2.05, 4.69) is 15.9 Å². The van der Waals surface area contributed by atoms with Crippen molar-refractivity contribution in [3.05, 3.63) is 64.6 Å². The van der Waals surface area contributed by atoms with Crippen LogP contribution in [0.1, 0.15) is 18.4 Å². The van der Waals surface area contributed by atoms with E-state index < -0.39 is 32.5 Å². The molecular formula is C18H18BrNO4S. The van der Waals surface area contributed by atoms with Gasteiger partial charge in [0.25, 0.3) is 0 Å². The molecule has 1 aliphatic rings. The van der Waals surface area contributed by atoms with Gasteiger partial charge in [0.1, 0.15) is 10.8 Å². The van der Waals surface area contributed by atoms with Gasteiger partial charge >= 0.3 is 5.97 Å². The molecule has 2 aromatic carbocycles. The Morgan fingerprint density at radius 1 is 1.16 bits per heavy atom. The van der Waals surface area contributed by atoms with Gasteiger partial charge < -0.3 is 10.5 Å². The van der Waals surface area contributed by atoms with Crippen LogP contribution in [0, 0.1) is 0 Å². The summed E-state index contributed by atoms with van der Waals surface area (Å²) >= 11 is 3.35. The molecule has 0 heterocycles. The van der Waals surface area contributed by atoms with E-state index in [1.807, 2.05) is 0 Å². The summed E-state index contributed by atoms with van der Waals surface area (Å²) in [7, 11) is -3.78. The van der Waals surface area contributed by atoms with Gasteiger partial charge in [0.05, 0.1) is 11.5 Å². The minimum absolute atomic E-state index is 0.142. The van der Waals surface area contributed by atoms with Gasteiger partial charge in [0, 0.05) is 10.4 Å². The van der Waals surface area contributed by atoms with Crippen molar-refractivity contribution in [2.24, 2.45) is 5.73 Å². The molecule has 0 spiro atoms. The Morgan fingerprint density at radius 3 is 2.32 bits per heavy atom. The second-order valence-electron chi connectivity index (χ2n) is 5.96. The third-order valence-electron chi connectivity index (χ3n) is 4.44. The fourth-order valence-corrected chi connectivity index (χ4v) is 5.70. The fraction of sp³-hybridized carbons (Fsp3) is 0.278. The average Bonchev–Trinajstić information content (AvgIpc) is 3.25. The van der Waals surface area contributed by atoms with Crippen LogP contribution in [-0.4, -0.2) is 31.8 Å². The Hall–Kier alpha value is -1.70. The number of ether oxygens (including phenoxy) is 1. The summed E-state index contributed by atoms with van der Waals surface area (Å²) in [5, 5.41) is -1.05. The second kappa shape index (κ2) is 6.55. The monoisotopic (exact) mass is 423 g/mol. The molecule has 0 unspecified atom stereocenters. The molecule has 5 nitrogen and oxygen atoms in total. The van der Waals surface area contributed by atoms with Gasteiger partial charge in [-0.25, -0.2) is 13.2 Å². The SMILES string of the molecule is CCOC(=O)[C@@]1(N)[C@@H](c2ccc(Br)cc2)[C@@H]1S(=O)(=O)c1ccccc1. The van der Waals surface area contributed by atoms with Crippen LogP contribution in [0.2, 0.25) is 0 Å². The Balaban J connectivity index is 2.06. The molecule has 1 saturated carbocycles. The lowest BCUT2D eigenvalue weighted by atomic mass is 10.1. The number of halogens is 1. The van der Waals surface area contributed by atoms with Crippen LogP contribution in [0.25, 0.3) is 0 Å². The lowest BCUT2D eigenvalue weighted by Crippen LogP contribution is -2.41. The average molecular weight is 424 g/mol. The molecule has 0 amide bonds. The topological polar surface area (TPSA) is 86.5 Å². The van der Waals surface area contributed by atoms with Crippen molar-refractivity contribution in [2.45, 2.75) is 28.5 Å². The van der Waals surface area contributed by atoms with Crippen molar-refractivity contribution in [3.63, 3.8) is 0 Å². The third-order valence-corrected chi connectivity index (χ3v) is 7.23. The maximum Gasteiger partial charge on any atom is 0.328 e. The highest BCUT2D eigenvalue weighted by atomic mass is 79.9. The normalized spacial score (nSPS) is 25.4. The van der Waals surface area contributed by atoms with Crippen LogP contribution in [0.15, 0.2) is 64.0 Å². The molecule has 0 radical (unpaired) electrons. The number of hydrogen-bond acceptors (Lipinski definition) is 5. The molecular weight excluding hydrogens is 406 g/mol. The molecule has 0 bridgehead atoms. The van der Waals surface area contributed by atoms with E-state index in [0.717, 1.165) is 4.47 Å². The first-order valence-corrected chi connectivity index (χ1v) is 10.2. The molecule has 2 aromatic rings. The molecule has 132 valence electrons. The van der Waals surface area contributed by atoms with E-state index in [9.17, 15) is 13.2 Å². The van der Waals surface area contributed by atoms with Crippen molar-refractivity contribution in [2.75, 3.05) is 6.61 Å². The van der Waals surface area contributed by atoms with Crippen molar-refractivity contribution in [1.82, 2.24) is 0 Å². The van der Waals surface area contributed by atoms with Crippen molar-refractivity contribution in [3.8, 4) is 0 Å².